The maximum Gasteiger partial charge on any atom is 0.331 e. The first-order valence-corrected chi connectivity index (χ1v) is 4.12. The highest BCUT2D eigenvalue weighted by Gasteiger charge is 2.20. The van der Waals surface area contributed by atoms with Crippen molar-refractivity contribution in [3.63, 3.8) is 0 Å². The van der Waals surface area contributed by atoms with Crippen molar-refractivity contribution in [3.8, 4) is 0 Å². The summed E-state index contributed by atoms with van der Waals surface area (Å²) in [7, 11) is 0. The van der Waals surface area contributed by atoms with E-state index in [0.717, 1.165) is 6.08 Å². The van der Waals surface area contributed by atoms with E-state index >= 15 is 0 Å². The average molecular weight is 202 g/mol. The van der Waals surface area contributed by atoms with Gasteiger partial charge in [0, 0.05) is 25.2 Å². The molecule has 0 rings (SSSR count). The van der Waals surface area contributed by atoms with Crippen LogP contribution in [0, 0.1) is 0 Å². The van der Waals surface area contributed by atoms with Crippen LogP contribution in [0.25, 0.3) is 0 Å². The van der Waals surface area contributed by atoms with Gasteiger partial charge in [0.15, 0.2) is 0 Å². The Morgan fingerprint density at radius 1 is 1.36 bits per heavy atom. The summed E-state index contributed by atoms with van der Waals surface area (Å²) in [6, 6.07) is 0. The van der Waals surface area contributed by atoms with Crippen LogP contribution in [0.3, 0.4) is 0 Å². The number of hydrogen-bond donors (Lipinski definition) is 2. The third kappa shape index (κ3) is 6.19. The summed E-state index contributed by atoms with van der Waals surface area (Å²) in [5.41, 5.74) is -0.783. The summed E-state index contributed by atoms with van der Waals surface area (Å²) in [5, 5.41) is 16.9. The molecule has 0 aliphatic heterocycles. The lowest BCUT2D eigenvalue weighted by Gasteiger charge is -2.23. The molecule has 0 heterocycles. The Morgan fingerprint density at radius 2 is 1.93 bits per heavy atom. The second kappa shape index (κ2) is 5.39. The lowest BCUT2D eigenvalue weighted by molar-refractivity contribution is -0.151. The third-order valence-corrected chi connectivity index (χ3v) is 1.45. The summed E-state index contributed by atoms with van der Waals surface area (Å²) in [6.45, 7) is 3.17. The molecule has 0 saturated carbocycles. The van der Waals surface area contributed by atoms with Crippen LogP contribution in [-0.4, -0.2) is 34.4 Å². The van der Waals surface area contributed by atoms with Crippen LogP contribution in [0.5, 0.6) is 0 Å². The van der Waals surface area contributed by atoms with Crippen LogP contribution in [0.2, 0.25) is 0 Å². The number of rotatable bonds is 5. The lowest BCUT2D eigenvalue weighted by atomic mass is 10.1. The van der Waals surface area contributed by atoms with Gasteiger partial charge in [-0.05, 0) is 13.8 Å². The Hall–Kier alpha value is -1.36. The normalized spacial score (nSPS) is 11.6. The van der Waals surface area contributed by atoms with Gasteiger partial charge in [0.25, 0.3) is 0 Å². The Bertz CT molecular complexity index is 242. The minimum Gasteiger partial charge on any atom is -0.478 e. The standard InChI is InChI=1S/C9H14O5/c1-9(2,5-6-10)14-8(13)4-3-7(11)12/h3-4,10H,5-6H2,1-2H3,(H,11,12)/b4-3+. The highest BCUT2D eigenvalue weighted by atomic mass is 16.6. The molecule has 2 N–H and O–H groups in total. The SMILES string of the molecule is CC(C)(CCO)OC(=O)/C=C/C(=O)O. The number of esters is 1. The molecule has 80 valence electrons. The van der Waals surface area contributed by atoms with Gasteiger partial charge in [-0.1, -0.05) is 0 Å². The summed E-state index contributed by atoms with van der Waals surface area (Å²) in [4.78, 5) is 21.0. The van der Waals surface area contributed by atoms with E-state index in [1.54, 1.807) is 13.8 Å². The molecule has 5 nitrogen and oxygen atoms in total. The van der Waals surface area contributed by atoms with Gasteiger partial charge >= 0.3 is 11.9 Å². The number of aliphatic hydroxyl groups excluding tert-OH is 1. The summed E-state index contributed by atoms with van der Waals surface area (Å²) >= 11 is 0. The molecule has 14 heavy (non-hydrogen) atoms. The monoisotopic (exact) mass is 202 g/mol. The fourth-order valence-corrected chi connectivity index (χ4v) is 0.766. The highest BCUT2D eigenvalue weighted by molar-refractivity contribution is 5.90. The van der Waals surface area contributed by atoms with E-state index in [-0.39, 0.29) is 6.61 Å². The number of carbonyl (C=O) groups excluding carboxylic acids is 1. The van der Waals surface area contributed by atoms with Crippen LogP contribution in [0.15, 0.2) is 12.2 Å². The van der Waals surface area contributed by atoms with Crippen molar-refractivity contribution in [2.24, 2.45) is 0 Å². The molecule has 0 radical (unpaired) electrons. The van der Waals surface area contributed by atoms with Gasteiger partial charge in [0.1, 0.15) is 5.60 Å². The molecule has 0 amide bonds. The Morgan fingerprint density at radius 3 is 2.36 bits per heavy atom. The fourth-order valence-electron chi connectivity index (χ4n) is 0.766. The van der Waals surface area contributed by atoms with Crippen molar-refractivity contribution in [1.29, 1.82) is 0 Å². The number of carbonyl (C=O) groups is 2. The molecular weight excluding hydrogens is 188 g/mol. The Kier molecular flexibility index (Phi) is 4.86. The summed E-state index contributed by atoms with van der Waals surface area (Å²) in [5.74, 6) is -1.94. The summed E-state index contributed by atoms with van der Waals surface area (Å²) < 4.78 is 4.88. The number of carboxylic acid groups (broad SMARTS) is 1. The maximum absolute atomic E-state index is 11.0. The smallest absolute Gasteiger partial charge is 0.331 e. The number of carboxylic acids is 1. The molecule has 0 spiro atoms. The van der Waals surface area contributed by atoms with Gasteiger partial charge in [0.2, 0.25) is 0 Å². The largest absolute Gasteiger partial charge is 0.478 e. The number of aliphatic carboxylic acids is 1. The van der Waals surface area contributed by atoms with Crippen molar-refractivity contribution in [3.05, 3.63) is 12.2 Å². The van der Waals surface area contributed by atoms with Crippen LogP contribution in [0.1, 0.15) is 20.3 Å². The van der Waals surface area contributed by atoms with Gasteiger partial charge in [-0.25, -0.2) is 9.59 Å². The predicted octanol–water partition coefficient (Wildman–Crippen LogP) is 0.331. The second-order valence-electron chi connectivity index (χ2n) is 3.33. The molecule has 0 bridgehead atoms. The number of hydrogen-bond acceptors (Lipinski definition) is 4. The molecular formula is C9H14O5. The minimum absolute atomic E-state index is 0.0943. The second-order valence-corrected chi connectivity index (χ2v) is 3.33. The molecule has 0 atom stereocenters. The van der Waals surface area contributed by atoms with Crippen molar-refractivity contribution >= 4 is 11.9 Å². The Balaban J connectivity index is 4.11. The average Bonchev–Trinajstić information content (AvgIpc) is 1.99. The van der Waals surface area contributed by atoms with E-state index in [2.05, 4.69) is 0 Å². The van der Waals surface area contributed by atoms with Crippen LogP contribution in [0.4, 0.5) is 0 Å². The van der Waals surface area contributed by atoms with Gasteiger partial charge in [0.05, 0.1) is 0 Å². The minimum atomic E-state index is -1.21. The van der Waals surface area contributed by atoms with Crippen LogP contribution >= 0.6 is 0 Å². The highest BCUT2D eigenvalue weighted by Crippen LogP contribution is 2.13. The van der Waals surface area contributed by atoms with Crippen molar-refractivity contribution in [2.45, 2.75) is 25.9 Å². The quantitative estimate of drug-likeness (QED) is 0.496. The van der Waals surface area contributed by atoms with Gasteiger partial charge < -0.3 is 14.9 Å². The van der Waals surface area contributed by atoms with Crippen LogP contribution in [-0.2, 0) is 14.3 Å². The molecule has 0 aromatic carbocycles. The van der Waals surface area contributed by atoms with E-state index in [4.69, 9.17) is 14.9 Å². The molecule has 0 aliphatic rings. The van der Waals surface area contributed by atoms with E-state index in [1.807, 2.05) is 0 Å². The molecule has 0 unspecified atom stereocenters. The van der Waals surface area contributed by atoms with Crippen molar-refractivity contribution in [1.82, 2.24) is 0 Å². The molecule has 0 fully saturated rings. The first-order chi connectivity index (χ1) is 6.37. The maximum atomic E-state index is 11.0. The van der Waals surface area contributed by atoms with Crippen molar-refractivity contribution in [2.75, 3.05) is 6.61 Å². The van der Waals surface area contributed by atoms with Gasteiger partial charge in [-0.3, -0.25) is 0 Å². The van der Waals surface area contributed by atoms with E-state index in [9.17, 15) is 9.59 Å². The fraction of sp³-hybridized carbons (Fsp3) is 0.556. The molecule has 5 heteroatoms. The molecule has 0 aliphatic carbocycles. The molecule has 0 saturated heterocycles. The number of ether oxygens (including phenoxy) is 1. The van der Waals surface area contributed by atoms with Gasteiger partial charge in [-0.15, -0.1) is 0 Å². The van der Waals surface area contributed by atoms with Crippen LogP contribution < -0.4 is 0 Å². The van der Waals surface area contributed by atoms with Crippen molar-refractivity contribution < 1.29 is 24.5 Å². The zero-order valence-corrected chi connectivity index (χ0v) is 8.19. The zero-order valence-electron chi connectivity index (χ0n) is 8.19. The van der Waals surface area contributed by atoms with E-state index in [1.165, 1.54) is 0 Å². The van der Waals surface area contributed by atoms with Gasteiger partial charge in [-0.2, -0.15) is 0 Å². The predicted molar refractivity (Wildman–Crippen MR) is 48.6 cm³/mol. The first-order valence-electron chi connectivity index (χ1n) is 4.12. The lowest BCUT2D eigenvalue weighted by Crippen LogP contribution is -2.28. The molecule has 0 aromatic rings. The van der Waals surface area contributed by atoms with E-state index < -0.39 is 17.5 Å². The molecule has 0 aromatic heterocycles. The third-order valence-electron chi connectivity index (χ3n) is 1.45. The Labute approximate surface area is 82.0 Å². The topological polar surface area (TPSA) is 83.8 Å². The summed E-state index contributed by atoms with van der Waals surface area (Å²) in [6.07, 6.45) is 1.85. The number of aliphatic hydroxyl groups is 1. The van der Waals surface area contributed by atoms with E-state index in [0.29, 0.717) is 12.5 Å². The first kappa shape index (κ1) is 12.6. The zero-order chi connectivity index (χ0) is 11.2.